The van der Waals surface area contributed by atoms with Gasteiger partial charge in [0.15, 0.2) is 0 Å². The van der Waals surface area contributed by atoms with Crippen molar-refractivity contribution in [2.24, 2.45) is 0 Å². The van der Waals surface area contributed by atoms with E-state index in [1.165, 1.54) is 33.0 Å². The van der Waals surface area contributed by atoms with Crippen molar-refractivity contribution in [1.29, 1.82) is 15.8 Å². The van der Waals surface area contributed by atoms with Crippen LogP contribution in [0.5, 0.6) is 0 Å². The Kier molecular flexibility index (Phi) is 6.37. The van der Waals surface area contributed by atoms with Gasteiger partial charge in [0.05, 0.1) is 34.9 Å². The second-order valence-electron chi connectivity index (χ2n) is 13.4. The fourth-order valence-electron chi connectivity index (χ4n) is 8.25. The highest BCUT2D eigenvalue weighted by Gasteiger charge is 2.24. The van der Waals surface area contributed by atoms with Crippen molar-refractivity contribution in [2.75, 3.05) is 0 Å². The first-order valence-corrected chi connectivity index (χ1v) is 17.2. The number of benzene rings is 9. The molecule has 0 aliphatic heterocycles. The Bertz CT molecular complexity index is 3130. The minimum absolute atomic E-state index is 0.610. The predicted molar refractivity (Wildman–Crippen MR) is 211 cm³/mol. The normalized spacial score (nSPS) is 11.4. The molecule has 0 saturated carbocycles. The summed E-state index contributed by atoms with van der Waals surface area (Å²) in [5, 5.41) is 38.4. The van der Waals surface area contributed by atoms with Crippen molar-refractivity contribution in [3.8, 4) is 73.8 Å². The number of hydrogen-bond donors (Lipinski definition) is 0. The topological polar surface area (TPSA) is 71.4 Å². The van der Waals surface area contributed by atoms with Crippen LogP contribution in [0.25, 0.3) is 98.7 Å². The van der Waals surface area contributed by atoms with Crippen molar-refractivity contribution in [3.05, 3.63) is 168 Å². The van der Waals surface area contributed by atoms with E-state index in [1.54, 1.807) is 0 Å². The molecule has 3 nitrogen and oxygen atoms in total. The van der Waals surface area contributed by atoms with Gasteiger partial charge in [-0.25, -0.2) is 0 Å². The summed E-state index contributed by atoms with van der Waals surface area (Å²) < 4.78 is 0. The molecule has 0 fully saturated rings. The first-order valence-electron chi connectivity index (χ1n) is 17.2. The summed E-state index contributed by atoms with van der Waals surface area (Å²) in [6.07, 6.45) is 0. The molecule has 9 aromatic carbocycles. The summed E-state index contributed by atoms with van der Waals surface area (Å²) >= 11 is 0. The lowest BCUT2D eigenvalue weighted by Crippen LogP contribution is -1.92. The summed E-state index contributed by atoms with van der Waals surface area (Å²) in [6.45, 7) is 0. The van der Waals surface area contributed by atoms with Crippen molar-refractivity contribution in [2.45, 2.75) is 0 Å². The van der Waals surface area contributed by atoms with E-state index in [1.807, 2.05) is 72.8 Å². The van der Waals surface area contributed by atoms with Gasteiger partial charge in [-0.15, -0.1) is 0 Å². The van der Waals surface area contributed by atoms with Crippen LogP contribution in [-0.4, -0.2) is 0 Å². The molecule has 0 unspecified atom stereocenters. The molecule has 0 spiro atoms. The molecule has 0 bridgehead atoms. The van der Waals surface area contributed by atoms with E-state index < -0.39 is 0 Å². The molecule has 0 aromatic heterocycles. The maximum atomic E-state index is 9.97. The van der Waals surface area contributed by atoms with Crippen molar-refractivity contribution >= 4 is 43.1 Å². The zero-order valence-corrected chi connectivity index (χ0v) is 27.8. The standard InChI is InChI=1S/C49H25N3/c50-26-29-11-15-31(16-12-29)40-23-47-43(37-20-19-34(21-42(37)40)36-8-2-1-5-35(36)28-52)22-41(32-17-13-30(27-51)14-18-32)46-24-44-38-9-3-6-33-7-4-10-39(49(33)38)45(44)25-48(46)47/h1-25H. The molecule has 0 heterocycles. The molecule has 0 saturated heterocycles. The first kappa shape index (κ1) is 29.4. The molecule has 0 amide bonds. The van der Waals surface area contributed by atoms with Crippen LogP contribution < -0.4 is 0 Å². The number of nitrogens with zero attached hydrogens (tertiary/aromatic N) is 3. The second kappa shape index (κ2) is 11.3. The SMILES string of the molecule is N#Cc1ccc(-c2cc3c4cc5c(cc4c(-c4ccc(C#N)cc4)cc3c3ccc(-c4ccccc4C#N)cc23)-c2cccc3cccc-5c23)cc1. The van der Waals surface area contributed by atoms with Crippen LogP contribution in [0, 0.1) is 34.0 Å². The van der Waals surface area contributed by atoms with Gasteiger partial charge in [0, 0.05) is 0 Å². The van der Waals surface area contributed by atoms with E-state index in [2.05, 4.69) is 97.1 Å². The maximum Gasteiger partial charge on any atom is 0.0998 e. The highest BCUT2D eigenvalue weighted by atomic mass is 14.3. The minimum atomic E-state index is 0.610. The maximum absolute atomic E-state index is 9.97. The number of nitriles is 3. The van der Waals surface area contributed by atoms with Crippen LogP contribution in [0.4, 0.5) is 0 Å². The number of hydrogen-bond acceptors (Lipinski definition) is 3. The average molecular weight is 656 g/mol. The molecule has 3 heteroatoms. The van der Waals surface area contributed by atoms with Gasteiger partial charge in [-0.3, -0.25) is 0 Å². The fraction of sp³-hybridized carbons (Fsp3) is 0. The molecule has 0 N–H and O–H groups in total. The minimum Gasteiger partial charge on any atom is -0.192 e. The second-order valence-corrected chi connectivity index (χ2v) is 13.4. The molecule has 0 atom stereocenters. The Morgan fingerprint density at radius 1 is 0.308 bits per heavy atom. The molecule has 236 valence electrons. The summed E-state index contributed by atoms with van der Waals surface area (Å²) in [7, 11) is 0. The Labute approximate surface area is 300 Å². The summed E-state index contributed by atoms with van der Waals surface area (Å²) in [5.41, 5.74) is 12.9. The third kappa shape index (κ3) is 4.30. The van der Waals surface area contributed by atoms with Crippen LogP contribution in [0.15, 0.2) is 152 Å². The molecule has 9 aromatic rings. The monoisotopic (exact) mass is 655 g/mol. The van der Waals surface area contributed by atoms with Gasteiger partial charge < -0.3 is 0 Å². The Morgan fingerprint density at radius 2 is 0.788 bits per heavy atom. The van der Waals surface area contributed by atoms with Gasteiger partial charge in [0.1, 0.15) is 0 Å². The third-order valence-corrected chi connectivity index (χ3v) is 10.7. The zero-order chi connectivity index (χ0) is 34.9. The van der Waals surface area contributed by atoms with Gasteiger partial charge in [-0.2, -0.15) is 15.8 Å². The highest BCUT2D eigenvalue weighted by molar-refractivity contribution is 6.27. The van der Waals surface area contributed by atoms with Crippen molar-refractivity contribution < 1.29 is 0 Å². The van der Waals surface area contributed by atoms with E-state index in [9.17, 15) is 15.8 Å². The van der Waals surface area contributed by atoms with Crippen molar-refractivity contribution in [3.63, 3.8) is 0 Å². The zero-order valence-electron chi connectivity index (χ0n) is 27.8. The van der Waals surface area contributed by atoms with Crippen LogP contribution in [0.3, 0.4) is 0 Å². The van der Waals surface area contributed by atoms with Crippen LogP contribution in [-0.2, 0) is 0 Å². The van der Waals surface area contributed by atoms with Crippen LogP contribution in [0.2, 0.25) is 0 Å². The van der Waals surface area contributed by atoms with E-state index in [0.717, 1.165) is 65.7 Å². The number of fused-ring (bicyclic) bond motifs is 8. The van der Waals surface area contributed by atoms with E-state index in [0.29, 0.717) is 16.7 Å². The molecule has 1 aliphatic rings. The molecule has 52 heavy (non-hydrogen) atoms. The van der Waals surface area contributed by atoms with Gasteiger partial charge in [-0.1, -0.05) is 91.0 Å². The molecular weight excluding hydrogens is 631 g/mol. The van der Waals surface area contributed by atoms with Crippen molar-refractivity contribution in [1.82, 2.24) is 0 Å². The smallest absolute Gasteiger partial charge is 0.0998 e. The number of rotatable bonds is 3. The van der Waals surface area contributed by atoms with Gasteiger partial charge >= 0.3 is 0 Å². The van der Waals surface area contributed by atoms with E-state index in [-0.39, 0.29) is 0 Å². The molecule has 10 rings (SSSR count). The average Bonchev–Trinajstić information content (AvgIpc) is 3.53. The lowest BCUT2D eigenvalue weighted by Gasteiger charge is -2.18. The third-order valence-electron chi connectivity index (χ3n) is 10.7. The summed E-state index contributed by atoms with van der Waals surface area (Å²) in [4.78, 5) is 0. The lowest BCUT2D eigenvalue weighted by atomic mass is 9.85. The lowest BCUT2D eigenvalue weighted by molar-refractivity contribution is 1.48. The van der Waals surface area contributed by atoms with Gasteiger partial charge in [0.2, 0.25) is 0 Å². The van der Waals surface area contributed by atoms with Crippen LogP contribution in [0.1, 0.15) is 16.7 Å². The van der Waals surface area contributed by atoms with Gasteiger partial charge in [0.25, 0.3) is 0 Å². The Balaban J connectivity index is 1.36. The fourth-order valence-corrected chi connectivity index (χ4v) is 8.25. The molecule has 0 radical (unpaired) electrons. The Morgan fingerprint density at radius 3 is 1.38 bits per heavy atom. The molecule has 1 aliphatic carbocycles. The molecular formula is C49H25N3. The Hall–Kier alpha value is -7.51. The largest absolute Gasteiger partial charge is 0.192 e. The summed E-state index contributed by atoms with van der Waals surface area (Å²) in [5.74, 6) is 0. The van der Waals surface area contributed by atoms with E-state index >= 15 is 0 Å². The van der Waals surface area contributed by atoms with Crippen LogP contribution >= 0.6 is 0 Å². The summed E-state index contributed by atoms with van der Waals surface area (Å²) in [6, 6.07) is 59.2. The highest BCUT2D eigenvalue weighted by Crippen LogP contribution is 2.51. The first-order chi connectivity index (χ1) is 25.6. The predicted octanol–water partition coefficient (Wildman–Crippen LogP) is 12.6. The quantitative estimate of drug-likeness (QED) is 0.178. The van der Waals surface area contributed by atoms with E-state index in [4.69, 9.17) is 0 Å². The van der Waals surface area contributed by atoms with Gasteiger partial charge in [-0.05, 0) is 159 Å².